The number of hydrogen-bond acceptors (Lipinski definition) is 4. The highest BCUT2D eigenvalue weighted by atomic mass is 16.6. The summed E-state index contributed by atoms with van der Waals surface area (Å²) in [6, 6.07) is 5.27. The molecule has 1 aromatic carbocycles. The summed E-state index contributed by atoms with van der Waals surface area (Å²) in [4.78, 5) is 10.9. The second-order valence-corrected chi connectivity index (χ2v) is 3.81. The van der Waals surface area contributed by atoms with Gasteiger partial charge in [0, 0.05) is 18.7 Å². The number of methoxy groups -OCH3 is 1. The van der Waals surface area contributed by atoms with Gasteiger partial charge in [-0.25, -0.2) is 0 Å². The summed E-state index contributed by atoms with van der Waals surface area (Å²) in [7, 11) is 1.56. The SMILES string of the molecule is COc1cc(NC(C)=O)ccc1OCC1CO1. The van der Waals surface area contributed by atoms with Crippen molar-refractivity contribution in [3.63, 3.8) is 0 Å². The molecule has 2 rings (SSSR count). The first-order valence-corrected chi connectivity index (χ1v) is 5.39. The van der Waals surface area contributed by atoms with E-state index in [1.54, 1.807) is 25.3 Å². The number of nitrogens with one attached hydrogen (secondary N) is 1. The van der Waals surface area contributed by atoms with Gasteiger partial charge in [0.15, 0.2) is 11.5 Å². The molecule has 0 bridgehead atoms. The topological polar surface area (TPSA) is 60.1 Å². The molecule has 92 valence electrons. The number of benzene rings is 1. The molecule has 1 atom stereocenters. The lowest BCUT2D eigenvalue weighted by molar-refractivity contribution is -0.114. The molecule has 17 heavy (non-hydrogen) atoms. The van der Waals surface area contributed by atoms with Crippen molar-refractivity contribution in [3.05, 3.63) is 18.2 Å². The number of hydrogen-bond donors (Lipinski definition) is 1. The van der Waals surface area contributed by atoms with Crippen molar-refractivity contribution in [2.75, 3.05) is 25.6 Å². The maximum absolute atomic E-state index is 10.9. The van der Waals surface area contributed by atoms with E-state index in [2.05, 4.69) is 5.32 Å². The molecule has 1 aliphatic rings. The van der Waals surface area contributed by atoms with E-state index in [1.165, 1.54) is 6.92 Å². The lowest BCUT2D eigenvalue weighted by atomic mass is 10.2. The van der Waals surface area contributed by atoms with Crippen molar-refractivity contribution in [2.45, 2.75) is 13.0 Å². The van der Waals surface area contributed by atoms with Crippen LogP contribution in [0.1, 0.15) is 6.92 Å². The fourth-order valence-corrected chi connectivity index (χ4v) is 1.41. The van der Waals surface area contributed by atoms with E-state index in [4.69, 9.17) is 14.2 Å². The number of rotatable bonds is 5. The molecule has 0 radical (unpaired) electrons. The Morgan fingerprint density at radius 1 is 1.53 bits per heavy atom. The molecule has 0 saturated carbocycles. The van der Waals surface area contributed by atoms with Crippen LogP contribution in [0.3, 0.4) is 0 Å². The fourth-order valence-electron chi connectivity index (χ4n) is 1.41. The number of anilines is 1. The lowest BCUT2D eigenvalue weighted by Gasteiger charge is -2.11. The number of epoxide rings is 1. The Morgan fingerprint density at radius 3 is 2.88 bits per heavy atom. The third kappa shape index (κ3) is 3.35. The standard InChI is InChI=1S/C12H15NO4/c1-8(14)13-9-3-4-11(12(5-9)15-2)17-7-10-6-16-10/h3-5,10H,6-7H2,1-2H3,(H,13,14). The van der Waals surface area contributed by atoms with E-state index in [-0.39, 0.29) is 12.0 Å². The zero-order chi connectivity index (χ0) is 12.3. The normalized spacial score (nSPS) is 17.4. The molecular weight excluding hydrogens is 222 g/mol. The number of carbonyl (C=O) groups excluding carboxylic acids is 1. The Morgan fingerprint density at radius 2 is 2.29 bits per heavy atom. The minimum atomic E-state index is -0.118. The summed E-state index contributed by atoms with van der Waals surface area (Å²) in [5, 5.41) is 2.68. The summed E-state index contributed by atoms with van der Waals surface area (Å²) in [5.74, 6) is 1.13. The molecular formula is C12H15NO4. The van der Waals surface area contributed by atoms with E-state index < -0.39 is 0 Å². The van der Waals surface area contributed by atoms with Crippen LogP contribution < -0.4 is 14.8 Å². The van der Waals surface area contributed by atoms with Gasteiger partial charge in [0.25, 0.3) is 0 Å². The summed E-state index contributed by atoms with van der Waals surface area (Å²) >= 11 is 0. The van der Waals surface area contributed by atoms with Crippen LogP contribution in [0.15, 0.2) is 18.2 Å². The Bertz CT molecular complexity index is 415. The Hall–Kier alpha value is -1.75. The predicted molar refractivity (Wildman–Crippen MR) is 62.5 cm³/mol. The molecule has 1 N–H and O–H groups in total. The Labute approximate surface area is 99.7 Å². The first kappa shape index (κ1) is 11.7. The second-order valence-electron chi connectivity index (χ2n) is 3.81. The van der Waals surface area contributed by atoms with Crippen LogP contribution in [0.4, 0.5) is 5.69 Å². The molecule has 1 amide bonds. The van der Waals surface area contributed by atoms with Crippen molar-refractivity contribution >= 4 is 11.6 Å². The van der Waals surface area contributed by atoms with E-state index in [0.29, 0.717) is 23.8 Å². The number of carbonyl (C=O) groups is 1. The first-order chi connectivity index (χ1) is 8.19. The van der Waals surface area contributed by atoms with Crippen LogP contribution in [0.25, 0.3) is 0 Å². The third-order valence-electron chi connectivity index (χ3n) is 2.31. The Kier molecular flexibility index (Phi) is 3.49. The smallest absolute Gasteiger partial charge is 0.221 e. The van der Waals surface area contributed by atoms with Gasteiger partial charge in [-0.2, -0.15) is 0 Å². The minimum Gasteiger partial charge on any atom is -0.493 e. The van der Waals surface area contributed by atoms with Gasteiger partial charge in [0.1, 0.15) is 12.7 Å². The van der Waals surface area contributed by atoms with Crippen LogP contribution >= 0.6 is 0 Å². The van der Waals surface area contributed by atoms with Crippen LogP contribution in [-0.2, 0) is 9.53 Å². The third-order valence-corrected chi connectivity index (χ3v) is 2.31. The predicted octanol–water partition coefficient (Wildman–Crippen LogP) is 1.43. The Balaban J connectivity index is 2.06. The first-order valence-electron chi connectivity index (χ1n) is 5.39. The average Bonchev–Trinajstić information content (AvgIpc) is 3.10. The van der Waals surface area contributed by atoms with Crippen LogP contribution in [0.2, 0.25) is 0 Å². The van der Waals surface area contributed by atoms with Gasteiger partial charge in [0.2, 0.25) is 5.91 Å². The summed E-state index contributed by atoms with van der Waals surface area (Å²) in [5.41, 5.74) is 0.685. The molecule has 0 spiro atoms. The van der Waals surface area contributed by atoms with Crippen LogP contribution in [0.5, 0.6) is 11.5 Å². The van der Waals surface area contributed by atoms with Gasteiger partial charge in [-0.3, -0.25) is 4.79 Å². The highest BCUT2D eigenvalue weighted by Gasteiger charge is 2.23. The maximum atomic E-state index is 10.9. The van der Waals surface area contributed by atoms with Gasteiger partial charge in [-0.15, -0.1) is 0 Å². The van der Waals surface area contributed by atoms with Crippen LogP contribution in [0, 0.1) is 0 Å². The molecule has 1 aromatic rings. The highest BCUT2D eigenvalue weighted by molar-refractivity contribution is 5.89. The number of ether oxygens (including phenoxy) is 3. The molecule has 0 aromatic heterocycles. The number of amides is 1. The summed E-state index contributed by atoms with van der Waals surface area (Å²) in [6.45, 7) is 2.74. The van der Waals surface area contributed by atoms with Gasteiger partial charge in [-0.1, -0.05) is 0 Å². The van der Waals surface area contributed by atoms with Crippen molar-refractivity contribution in [3.8, 4) is 11.5 Å². The molecule has 1 heterocycles. The molecule has 1 aliphatic heterocycles. The molecule has 5 nitrogen and oxygen atoms in total. The van der Waals surface area contributed by atoms with Gasteiger partial charge in [0.05, 0.1) is 13.7 Å². The van der Waals surface area contributed by atoms with Crippen molar-refractivity contribution in [1.82, 2.24) is 0 Å². The molecule has 0 aliphatic carbocycles. The van der Waals surface area contributed by atoms with Gasteiger partial charge in [-0.05, 0) is 12.1 Å². The largest absolute Gasteiger partial charge is 0.493 e. The summed E-state index contributed by atoms with van der Waals surface area (Å²) < 4.78 is 15.8. The van der Waals surface area contributed by atoms with Gasteiger partial charge >= 0.3 is 0 Å². The molecule has 1 saturated heterocycles. The molecule has 5 heteroatoms. The fraction of sp³-hybridized carbons (Fsp3) is 0.417. The van der Waals surface area contributed by atoms with Crippen molar-refractivity contribution in [2.24, 2.45) is 0 Å². The second kappa shape index (κ2) is 5.05. The molecule has 1 unspecified atom stereocenters. The maximum Gasteiger partial charge on any atom is 0.221 e. The highest BCUT2D eigenvalue weighted by Crippen LogP contribution is 2.30. The quantitative estimate of drug-likeness (QED) is 0.787. The van der Waals surface area contributed by atoms with Crippen molar-refractivity contribution < 1.29 is 19.0 Å². The van der Waals surface area contributed by atoms with E-state index in [9.17, 15) is 4.79 Å². The van der Waals surface area contributed by atoms with Crippen LogP contribution in [-0.4, -0.2) is 32.3 Å². The zero-order valence-corrected chi connectivity index (χ0v) is 9.86. The van der Waals surface area contributed by atoms with E-state index >= 15 is 0 Å². The minimum absolute atomic E-state index is 0.118. The monoisotopic (exact) mass is 237 g/mol. The van der Waals surface area contributed by atoms with E-state index in [1.807, 2.05) is 0 Å². The lowest BCUT2D eigenvalue weighted by Crippen LogP contribution is -2.07. The summed E-state index contributed by atoms with van der Waals surface area (Å²) in [6.07, 6.45) is 0.203. The van der Waals surface area contributed by atoms with Crippen molar-refractivity contribution in [1.29, 1.82) is 0 Å². The van der Waals surface area contributed by atoms with Gasteiger partial charge < -0.3 is 19.5 Å². The zero-order valence-electron chi connectivity index (χ0n) is 9.86. The average molecular weight is 237 g/mol. The van der Waals surface area contributed by atoms with E-state index in [0.717, 1.165) is 6.61 Å². The molecule has 1 fully saturated rings.